The Kier molecular flexibility index (Phi) is 6.84. The molecule has 2 N–H and O–H groups in total. The van der Waals surface area contributed by atoms with Gasteiger partial charge in [0.05, 0.1) is 5.69 Å². The van der Waals surface area contributed by atoms with E-state index in [9.17, 15) is 4.79 Å². The highest BCUT2D eigenvalue weighted by Gasteiger charge is 2.03. The number of unbranched alkanes of at least 4 members (excludes halogenated alkanes) is 5. The lowest BCUT2D eigenvalue weighted by atomic mass is 10.1. The minimum Gasteiger partial charge on any atom is -0.330 e. The third-order valence-corrected chi connectivity index (χ3v) is 3.76. The molecule has 118 valence electrons. The molecule has 0 aliphatic rings. The van der Waals surface area contributed by atoms with Crippen molar-refractivity contribution in [2.75, 3.05) is 6.54 Å². The maximum Gasteiger partial charge on any atom is 0.266 e. The maximum atomic E-state index is 11.9. The molecule has 22 heavy (non-hydrogen) atoms. The highest BCUT2D eigenvalue weighted by Crippen LogP contribution is 2.14. The lowest BCUT2D eigenvalue weighted by molar-refractivity contribution is 0.509. The van der Waals surface area contributed by atoms with Crippen LogP contribution in [-0.4, -0.2) is 16.3 Å². The van der Waals surface area contributed by atoms with E-state index in [1.54, 1.807) is 16.8 Å². The molecule has 1 aromatic heterocycles. The highest BCUT2D eigenvalue weighted by molar-refractivity contribution is 5.57. The summed E-state index contributed by atoms with van der Waals surface area (Å²) in [5.41, 5.74) is 7.34. The maximum absolute atomic E-state index is 11.9. The van der Waals surface area contributed by atoms with Gasteiger partial charge in [-0.2, -0.15) is 5.10 Å². The quantitative estimate of drug-likeness (QED) is 0.723. The molecule has 0 atom stereocenters. The first-order chi connectivity index (χ1) is 10.8. The van der Waals surface area contributed by atoms with E-state index in [1.807, 2.05) is 30.3 Å². The van der Waals surface area contributed by atoms with Gasteiger partial charge in [0.2, 0.25) is 0 Å². The monoisotopic (exact) mass is 299 g/mol. The van der Waals surface area contributed by atoms with Gasteiger partial charge in [-0.25, -0.2) is 4.68 Å². The van der Waals surface area contributed by atoms with Crippen molar-refractivity contribution in [1.29, 1.82) is 0 Å². The van der Waals surface area contributed by atoms with Crippen LogP contribution in [0.3, 0.4) is 0 Å². The van der Waals surface area contributed by atoms with Crippen LogP contribution in [0.2, 0.25) is 0 Å². The molecule has 0 spiro atoms. The van der Waals surface area contributed by atoms with Crippen molar-refractivity contribution in [2.24, 2.45) is 5.73 Å². The van der Waals surface area contributed by atoms with E-state index >= 15 is 0 Å². The van der Waals surface area contributed by atoms with Crippen LogP contribution in [0, 0.1) is 0 Å². The van der Waals surface area contributed by atoms with E-state index < -0.39 is 0 Å². The summed E-state index contributed by atoms with van der Waals surface area (Å²) >= 11 is 0. The molecule has 2 rings (SSSR count). The molecule has 2 aromatic rings. The summed E-state index contributed by atoms with van der Waals surface area (Å²) in [7, 11) is 0. The second kappa shape index (κ2) is 9.15. The Morgan fingerprint density at radius 1 is 0.864 bits per heavy atom. The average molecular weight is 299 g/mol. The molecule has 0 aliphatic carbocycles. The summed E-state index contributed by atoms with van der Waals surface area (Å²) in [6.45, 7) is 1.47. The highest BCUT2D eigenvalue weighted by atomic mass is 16.1. The Morgan fingerprint density at radius 3 is 2.27 bits per heavy atom. The van der Waals surface area contributed by atoms with Gasteiger partial charge >= 0.3 is 0 Å². The van der Waals surface area contributed by atoms with Crippen molar-refractivity contribution < 1.29 is 0 Å². The van der Waals surface area contributed by atoms with Gasteiger partial charge in [-0.3, -0.25) is 4.79 Å². The molecule has 0 aliphatic heterocycles. The van der Waals surface area contributed by atoms with E-state index in [0.717, 1.165) is 37.1 Å². The summed E-state index contributed by atoms with van der Waals surface area (Å²) in [4.78, 5) is 11.9. The van der Waals surface area contributed by atoms with Crippen LogP contribution in [0.25, 0.3) is 11.3 Å². The smallest absolute Gasteiger partial charge is 0.266 e. The zero-order chi connectivity index (χ0) is 15.6. The minimum absolute atomic E-state index is 0.0252. The Labute approximate surface area is 132 Å². The number of hydrogen-bond acceptors (Lipinski definition) is 3. The molecule has 0 amide bonds. The molecular formula is C18H25N3O. The second-order valence-corrected chi connectivity index (χ2v) is 5.56. The number of nitrogens with zero attached hydrogens (tertiary/aromatic N) is 2. The van der Waals surface area contributed by atoms with Crippen molar-refractivity contribution in [2.45, 2.75) is 45.1 Å². The van der Waals surface area contributed by atoms with Crippen molar-refractivity contribution in [3.05, 3.63) is 52.8 Å². The lowest BCUT2D eigenvalue weighted by Gasteiger charge is -2.07. The first-order valence-corrected chi connectivity index (χ1v) is 8.15. The van der Waals surface area contributed by atoms with E-state index in [1.165, 1.54) is 19.3 Å². The zero-order valence-corrected chi connectivity index (χ0v) is 13.1. The summed E-state index contributed by atoms with van der Waals surface area (Å²) < 4.78 is 1.59. The molecule has 0 bridgehead atoms. The van der Waals surface area contributed by atoms with Crippen LogP contribution in [-0.2, 0) is 6.54 Å². The first-order valence-electron chi connectivity index (χ1n) is 8.15. The Hall–Kier alpha value is -1.94. The third-order valence-electron chi connectivity index (χ3n) is 3.76. The number of nitrogens with two attached hydrogens (primary N) is 1. The van der Waals surface area contributed by atoms with Gasteiger partial charge in [0, 0.05) is 18.2 Å². The molecule has 1 heterocycles. The molecule has 4 nitrogen and oxygen atoms in total. The summed E-state index contributed by atoms with van der Waals surface area (Å²) in [6, 6.07) is 13.4. The molecule has 0 radical (unpaired) electrons. The van der Waals surface area contributed by atoms with Crippen molar-refractivity contribution in [1.82, 2.24) is 9.78 Å². The number of aryl methyl sites for hydroxylation is 1. The largest absolute Gasteiger partial charge is 0.330 e. The third kappa shape index (κ3) is 5.11. The molecule has 0 saturated carbocycles. The molecule has 1 aromatic carbocycles. The Morgan fingerprint density at radius 2 is 1.55 bits per heavy atom. The Bertz CT molecular complexity index is 607. The topological polar surface area (TPSA) is 60.9 Å². The van der Waals surface area contributed by atoms with E-state index in [2.05, 4.69) is 5.10 Å². The molecule has 0 saturated heterocycles. The van der Waals surface area contributed by atoms with E-state index in [0.29, 0.717) is 6.54 Å². The van der Waals surface area contributed by atoms with Crippen LogP contribution in [0.5, 0.6) is 0 Å². The van der Waals surface area contributed by atoms with Gasteiger partial charge < -0.3 is 5.73 Å². The summed E-state index contributed by atoms with van der Waals surface area (Å²) in [5.74, 6) is 0. The van der Waals surface area contributed by atoms with Crippen LogP contribution in [0.4, 0.5) is 0 Å². The fourth-order valence-corrected chi connectivity index (χ4v) is 2.49. The van der Waals surface area contributed by atoms with E-state index in [-0.39, 0.29) is 5.56 Å². The number of hydrogen-bond donors (Lipinski definition) is 1. The summed E-state index contributed by atoms with van der Waals surface area (Å²) in [5, 5.41) is 4.48. The summed E-state index contributed by atoms with van der Waals surface area (Å²) in [6.07, 6.45) is 6.87. The van der Waals surface area contributed by atoms with Crippen LogP contribution in [0.15, 0.2) is 47.3 Å². The van der Waals surface area contributed by atoms with Crippen molar-refractivity contribution in [3.63, 3.8) is 0 Å². The lowest BCUT2D eigenvalue weighted by Crippen LogP contribution is -2.22. The number of benzene rings is 1. The number of aromatic nitrogens is 2. The first kappa shape index (κ1) is 16.4. The molecule has 0 fully saturated rings. The normalized spacial score (nSPS) is 10.8. The van der Waals surface area contributed by atoms with Crippen LogP contribution < -0.4 is 11.3 Å². The fourth-order valence-electron chi connectivity index (χ4n) is 2.49. The molecule has 0 unspecified atom stereocenters. The minimum atomic E-state index is -0.0252. The van der Waals surface area contributed by atoms with Gasteiger partial charge in [0.1, 0.15) is 0 Å². The van der Waals surface area contributed by atoms with Crippen molar-refractivity contribution >= 4 is 0 Å². The average Bonchev–Trinajstić information content (AvgIpc) is 2.56. The second-order valence-electron chi connectivity index (χ2n) is 5.56. The van der Waals surface area contributed by atoms with Gasteiger partial charge in [-0.1, -0.05) is 56.0 Å². The SMILES string of the molecule is NCCCCCCCCn1nc(-c2ccccc2)ccc1=O. The van der Waals surface area contributed by atoms with Gasteiger partial charge in [0.15, 0.2) is 0 Å². The van der Waals surface area contributed by atoms with Crippen molar-refractivity contribution in [3.8, 4) is 11.3 Å². The van der Waals surface area contributed by atoms with Crippen LogP contribution >= 0.6 is 0 Å². The standard InChI is InChI=1S/C18H25N3O/c19-14-8-3-1-2-4-9-15-21-18(22)13-12-17(20-21)16-10-6-5-7-11-16/h5-7,10-13H,1-4,8-9,14-15,19H2. The molecular weight excluding hydrogens is 274 g/mol. The molecule has 4 heteroatoms. The number of rotatable bonds is 9. The van der Waals surface area contributed by atoms with E-state index in [4.69, 9.17) is 5.73 Å². The Balaban J connectivity index is 1.87. The van der Waals surface area contributed by atoms with Gasteiger partial charge in [-0.05, 0) is 25.5 Å². The van der Waals surface area contributed by atoms with Crippen LogP contribution in [0.1, 0.15) is 38.5 Å². The van der Waals surface area contributed by atoms with Gasteiger partial charge in [0.25, 0.3) is 5.56 Å². The predicted molar refractivity (Wildman–Crippen MR) is 90.7 cm³/mol. The van der Waals surface area contributed by atoms with Gasteiger partial charge in [-0.15, -0.1) is 0 Å². The zero-order valence-electron chi connectivity index (χ0n) is 13.1. The fraction of sp³-hybridized carbons (Fsp3) is 0.444. The predicted octanol–water partition coefficient (Wildman–Crippen LogP) is 3.21.